The maximum absolute atomic E-state index is 6.66. The van der Waals surface area contributed by atoms with Crippen molar-refractivity contribution < 1.29 is 17.4 Å². The number of benzene rings is 1. The minimum Gasteiger partial charge on any atom is -0.392 e. The summed E-state index contributed by atoms with van der Waals surface area (Å²) in [7, 11) is -5.37. The van der Waals surface area contributed by atoms with Crippen molar-refractivity contribution >= 4 is 22.6 Å². The molecule has 0 heterocycles. The first-order valence-corrected chi connectivity index (χ1v) is 14.7. The molecule has 0 amide bonds. The molecule has 1 aromatic carbocycles. The third kappa shape index (κ3) is 8.46. The number of unbranched alkanes of at least 4 members (excludes halogenated alkanes) is 3. The highest BCUT2D eigenvalue weighted by atomic mass is 28.5. The Kier molecular flexibility index (Phi) is 11.6. The molecule has 150 valence electrons. The van der Waals surface area contributed by atoms with Gasteiger partial charge in [-0.15, -0.1) is 0 Å². The molecule has 0 radical (unpaired) electrons. The van der Waals surface area contributed by atoms with E-state index in [1.807, 2.05) is 24.7 Å². The molecule has 0 aliphatic heterocycles. The summed E-state index contributed by atoms with van der Waals surface area (Å²) in [6.07, 6.45) is 6.37. The van der Waals surface area contributed by atoms with Crippen LogP contribution in [0.25, 0.3) is 0 Å². The molecule has 1 aromatic rings. The quantitative estimate of drug-likeness (QED) is 0.308. The summed E-state index contributed by atoms with van der Waals surface area (Å²) >= 11 is 0. The maximum atomic E-state index is 6.66. The van der Waals surface area contributed by atoms with Crippen LogP contribution in [0.4, 0.5) is 0 Å². The standard InChI is InChI=1S/C20H38O4Si2/c1-6-9-17-21-25(4,20-15-13-12-14-16-20)24-26(5,22-18-10-7-2)23-19-11-8-3/h12-16H,6-11,17-19H2,1-5H3. The van der Waals surface area contributed by atoms with E-state index in [0.717, 1.165) is 43.7 Å². The average molecular weight is 399 g/mol. The fourth-order valence-corrected chi connectivity index (χ4v) is 9.20. The Bertz CT molecular complexity index is 462. The Morgan fingerprint density at radius 1 is 0.692 bits per heavy atom. The van der Waals surface area contributed by atoms with Gasteiger partial charge in [0.15, 0.2) is 0 Å². The van der Waals surface area contributed by atoms with Crippen LogP contribution < -0.4 is 5.19 Å². The van der Waals surface area contributed by atoms with Crippen LogP contribution in [-0.4, -0.2) is 37.2 Å². The van der Waals surface area contributed by atoms with Crippen LogP contribution in [0.5, 0.6) is 0 Å². The van der Waals surface area contributed by atoms with Gasteiger partial charge in [0, 0.05) is 26.4 Å². The van der Waals surface area contributed by atoms with E-state index in [0.29, 0.717) is 19.8 Å². The van der Waals surface area contributed by atoms with Crippen LogP contribution in [0.3, 0.4) is 0 Å². The minimum atomic E-state index is -2.77. The molecule has 0 fully saturated rings. The predicted molar refractivity (Wildman–Crippen MR) is 113 cm³/mol. The normalized spacial score (nSPS) is 14.3. The van der Waals surface area contributed by atoms with Gasteiger partial charge in [-0.1, -0.05) is 70.4 Å². The Labute approximate surface area is 162 Å². The second-order valence-electron chi connectivity index (χ2n) is 6.88. The van der Waals surface area contributed by atoms with Crippen molar-refractivity contribution in [3.05, 3.63) is 30.3 Å². The predicted octanol–water partition coefficient (Wildman–Crippen LogP) is 5.00. The topological polar surface area (TPSA) is 36.9 Å². The summed E-state index contributed by atoms with van der Waals surface area (Å²) in [5, 5.41) is 1.13. The molecule has 1 unspecified atom stereocenters. The van der Waals surface area contributed by atoms with Crippen LogP contribution in [-0.2, 0) is 17.4 Å². The largest absolute Gasteiger partial charge is 0.488 e. The summed E-state index contributed by atoms with van der Waals surface area (Å²) < 4.78 is 25.4. The molecule has 1 atom stereocenters. The Morgan fingerprint density at radius 2 is 1.15 bits per heavy atom. The minimum absolute atomic E-state index is 0.680. The Balaban J connectivity index is 2.95. The zero-order chi connectivity index (χ0) is 19.3. The highest BCUT2D eigenvalue weighted by molar-refractivity contribution is 6.86. The molecule has 6 heteroatoms. The molecule has 0 bridgehead atoms. The van der Waals surface area contributed by atoms with Crippen molar-refractivity contribution in [1.82, 2.24) is 0 Å². The molecular weight excluding hydrogens is 360 g/mol. The zero-order valence-electron chi connectivity index (χ0n) is 17.4. The number of hydrogen-bond donors (Lipinski definition) is 0. The molecule has 26 heavy (non-hydrogen) atoms. The van der Waals surface area contributed by atoms with Crippen LogP contribution in [0.2, 0.25) is 13.1 Å². The lowest BCUT2D eigenvalue weighted by molar-refractivity contribution is 0.0920. The molecule has 0 aromatic heterocycles. The van der Waals surface area contributed by atoms with Gasteiger partial charge in [0.1, 0.15) is 0 Å². The van der Waals surface area contributed by atoms with E-state index in [1.54, 1.807) is 0 Å². The van der Waals surface area contributed by atoms with Gasteiger partial charge in [-0.05, 0) is 31.0 Å². The summed E-state index contributed by atoms with van der Waals surface area (Å²) in [6, 6.07) is 10.3. The smallest absolute Gasteiger partial charge is 0.392 e. The number of hydrogen-bond acceptors (Lipinski definition) is 4. The third-order valence-corrected chi connectivity index (χ3v) is 10.9. The molecule has 0 N–H and O–H groups in total. The van der Waals surface area contributed by atoms with Gasteiger partial charge >= 0.3 is 17.4 Å². The first-order valence-electron chi connectivity index (χ1n) is 10.2. The van der Waals surface area contributed by atoms with Crippen molar-refractivity contribution in [1.29, 1.82) is 0 Å². The molecule has 4 nitrogen and oxygen atoms in total. The lowest BCUT2D eigenvalue weighted by Gasteiger charge is -2.36. The summed E-state index contributed by atoms with van der Waals surface area (Å²) in [4.78, 5) is 0. The molecular formula is C20H38O4Si2. The van der Waals surface area contributed by atoms with Crippen LogP contribution >= 0.6 is 0 Å². The van der Waals surface area contributed by atoms with E-state index >= 15 is 0 Å². The second kappa shape index (κ2) is 12.8. The fourth-order valence-electron chi connectivity index (χ4n) is 2.58. The Hall–Kier alpha value is -0.506. The second-order valence-corrected chi connectivity index (χ2v) is 12.8. The van der Waals surface area contributed by atoms with E-state index in [-0.39, 0.29) is 0 Å². The molecule has 1 rings (SSSR count). The fraction of sp³-hybridized carbons (Fsp3) is 0.700. The molecule has 0 aliphatic carbocycles. The molecule has 0 aliphatic rings. The van der Waals surface area contributed by atoms with Crippen LogP contribution in [0.15, 0.2) is 30.3 Å². The van der Waals surface area contributed by atoms with Gasteiger partial charge in [-0.25, -0.2) is 0 Å². The van der Waals surface area contributed by atoms with E-state index < -0.39 is 17.4 Å². The van der Waals surface area contributed by atoms with Crippen molar-refractivity contribution in [3.8, 4) is 0 Å². The van der Waals surface area contributed by atoms with E-state index in [1.165, 1.54) is 0 Å². The van der Waals surface area contributed by atoms with Gasteiger partial charge < -0.3 is 17.4 Å². The van der Waals surface area contributed by atoms with Gasteiger partial charge in [-0.2, -0.15) is 0 Å². The van der Waals surface area contributed by atoms with Crippen molar-refractivity contribution in [2.75, 3.05) is 19.8 Å². The lowest BCUT2D eigenvalue weighted by atomic mass is 10.4. The van der Waals surface area contributed by atoms with Gasteiger partial charge in [0.2, 0.25) is 0 Å². The first-order chi connectivity index (χ1) is 12.5. The van der Waals surface area contributed by atoms with E-state index in [4.69, 9.17) is 17.4 Å². The Morgan fingerprint density at radius 3 is 1.62 bits per heavy atom. The van der Waals surface area contributed by atoms with Gasteiger partial charge in [0.05, 0.1) is 0 Å². The van der Waals surface area contributed by atoms with Gasteiger partial charge in [-0.3, -0.25) is 0 Å². The third-order valence-electron chi connectivity index (χ3n) is 4.28. The highest BCUT2D eigenvalue weighted by Crippen LogP contribution is 2.20. The first kappa shape index (κ1) is 23.5. The maximum Gasteiger partial charge on any atom is 0.488 e. The molecule has 0 saturated heterocycles. The SMILES string of the molecule is CCCCO[Si](C)(OCCCC)O[Si](C)(OCCCC)c1ccccc1. The lowest BCUT2D eigenvalue weighted by Crippen LogP contribution is -2.60. The van der Waals surface area contributed by atoms with Crippen LogP contribution in [0.1, 0.15) is 59.3 Å². The molecule has 0 spiro atoms. The highest BCUT2D eigenvalue weighted by Gasteiger charge is 2.46. The van der Waals surface area contributed by atoms with Crippen molar-refractivity contribution in [3.63, 3.8) is 0 Å². The summed E-state index contributed by atoms with van der Waals surface area (Å²) in [5.74, 6) is 0. The van der Waals surface area contributed by atoms with Crippen molar-refractivity contribution in [2.45, 2.75) is 72.4 Å². The zero-order valence-corrected chi connectivity index (χ0v) is 19.4. The van der Waals surface area contributed by atoms with E-state index in [2.05, 4.69) is 39.5 Å². The summed E-state index contributed by atoms with van der Waals surface area (Å²) in [5.41, 5.74) is 0. The van der Waals surface area contributed by atoms with Crippen molar-refractivity contribution in [2.24, 2.45) is 0 Å². The summed E-state index contributed by atoms with van der Waals surface area (Å²) in [6.45, 7) is 12.7. The van der Waals surface area contributed by atoms with Gasteiger partial charge in [0.25, 0.3) is 0 Å². The number of rotatable bonds is 15. The monoisotopic (exact) mass is 398 g/mol. The average Bonchev–Trinajstić information content (AvgIpc) is 2.63. The molecule has 0 saturated carbocycles. The van der Waals surface area contributed by atoms with Crippen LogP contribution in [0, 0.1) is 0 Å². The van der Waals surface area contributed by atoms with E-state index in [9.17, 15) is 0 Å².